The molecule has 1 aromatic rings. The molecule has 1 heterocycles. The molecule has 0 radical (unpaired) electrons. The molecule has 0 saturated heterocycles. The quantitative estimate of drug-likeness (QED) is 0.567. The lowest BCUT2D eigenvalue weighted by Crippen LogP contribution is -2.96. The fourth-order valence-corrected chi connectivity index (χ4v) is 1.26. The number of rotatable bonds is 0. The molecule has 12 heavy (non-hydrogen) atoms. The zero-order valence-electron chi connectivity index (χ0n) is 6.53. The maximum absolute atomic E-state index is 11.4. The molecular weight excluding hydrogens is 150 g/mol. The number of hydrogen-bond acceptors (Lipinski definition) is 1. The number of para-hydroxylation sites is 1. The van der Waals surface area contributed by atoms with E-state index in [1.165, 1.54) is 0 Å². The third-order valence-electron chi connectivity index (χ3n) is 1.86. The molecule has 0 amide bonds. The van der Waals surface area contributed by atoms with E-state index < -0.39 is 0 Å². The van der Waals surface area contributed by atoms with Crippen molar-refractivity contribution in [1.29, 1.82) is 0 Å². The number of benzene rings is 1. The summed E-state index contributed by atoms with van der Waals surface area (Å²) >= 11 is 0. The van der Waals surface area contributed by atoms with E-state index in [9.17, 15) is 5.21 Å². The van der Waals surface area contributed by atoms with Crippen molar-refractivity contribution in [3.8, 4) is 0 Å². The van der Waals surface area contributed by atoms with Crippen LogP contribution in [0.5, 0.6) is 0 Å². The molecule has 0 aromatic heterocycles. The largest absolute Gasteiger partial charge is 0.624 e. The van der Waals surface area contributed by atoms with Gasteiger partial charge in [-0.2, -0.15) is 0 Å². The lowest BCUT2D eigenvalue weighted by Gasteiger charge is -2.17. The zero-order valence-corrected chi connectivity index (χ0v) is 6.53. The Morgan fingerprint density at radius 1 is 1.08 bits per heavy atom. The van der Waals surface area contributed by atoms with Crippen LogP contribution < -0.4 is 5.06 Å². The Labute approximate surface area is 71.0 Å². The lowest BCUT2D eigenvalue weighted by molar-refractivity contribution is -0.714. The second kappa shape index (κ2) is 2.93. The van der Waals surface area contributed by atoms with Crippen molar-refractivity contribution >= 4 is 11.8 Å². The molecule has 0 bridgehead atoms. The summed E-state index contributed by atoms with van der Waals surface area (Å²) in [5.74, 6) is 0. The summed E-state index contributed by atoms with van der Waals surface area (Å²) in [7, 11) is 0. The molecule has 0 saturated carbocycles. The average Bonchev–Trinajstić information content (AvgIpc) is 2.29. The average molecular weight is 159 g/mol. The third kappa shape index (κ3) is 1.18. The molecule has 2 heteroatoms. The van der Waals surface area contributed by atoms with Crippen LogP contribution in [0.1, 0.15) is 5.56 Å². The van der Waals surface area contributed by atoms with Crippen LogP contribution in [0.2, 0.25) is 0 Å². The normalized spacial score (nSPS) is 20.2. The first-order chi connectivity index (χ1) is 5.88. The Morgan fingerprint density at radius 3 is 2.83 bits per heavy atom. The summed E-state index contributed by atoms with van der Waals surface area (Å²) in [5.41, 5.74) is 1.77. The predicted octanol–water partition coefficient (Wildman–Crippen LogP) is 1.24. The van der Waals surface area contributed by atoms with Crippen LogP contribution >= 0.6 is 0 Å². The van der Waals surface area contributed by atoms with Crippen molar-refractivity contribution < 1.29 is 5.06 Å². The van der Waals surface area contributed by atoms with Crippen LogP contribution in [0.3, 0.4) is 0 Å². The SMILES string of the molecule is [O-][NH+]1C=CC=Cc2ccccc21. The van der Waals surface area contributed by atoms with E-state index in [4.69, 9.17) is 0 Å². The summed E-state index contributed by atoms with van der Waals surface area (Å²) in [4.78, 5) is 0. The molecule has 1 N–H and O–H groups in total. The second-order valence-electron chi connectivity index (χ2n) is 2.67. The highest BCUT2D eigenvalue weighted by molar-refractivity contribution is 5.62. The number of nitrogens with one attached hydrogen (secondary N) is 1. The lowest BCUT2D eigenvalue weighted by atomic mass is 10.2. The van der Waals surface area contributed by atoms with E-state index in [-0.39, 0.29) is 5.06 Å². The highest BCUT2D eigenvalue weighted by atomic mass is 16.5. The molecule has 1 unspecified atom stereocenters. The Morgan fingerprint density at radius 2 is 1.92 bits per heavy atom. The number of hydrogen-bond donors (Lipinski definition) is 1. The van der Waals surface area contributed by atoms with E-state index >= 15 is 0 Å². The summed E-state index contributed by atoms with van der Waals surface area (Å²) in [5, 5.41) is 11.5. The number of fused-ring (bicyclic) bond motifs is 1. The van der Waals surface area contributed by atoms with Gasteiger partial charge in [0.15, 0.2) is 0 Å². The Balaban J connectivity index is 2.56. The minimum absolute atomic E-state index is 0.0793. The van der Waals surface area contributed by atoms with Crippen LogP contribution in [-0.4, -0.2) is 0 Å². The standard InChI is InChI=1S/C10H9NO/c12-11-8-4-3-6-9-5-1-2-7-10(9)11/h1-8,11H. The molecule has 0 aliphatic carbocycles. The van der Waals surface area contributed by atoms with E-state index in [1.807, 2.05) is 36.4 Å². The molecule has 1 aliphatic rings. The molecule has 2 rings (SSSR count). The van der Waals surface area contributed by atoms with Crippen LogP contribution in [0.4, 0.5) is 5.69 Å². The summed E-state index contributed by atoms with van der Waals surface area (Å²) in [6.07, 6.45) is 7.17. The topological polar surface area (TPSA) is 27.5 Å². The highest BCUT2D eigenvalue weighted by Crippen LogP contribution is 2.13. The van der Waals surface area contributed by atoms with Gasteiger partial charge >= 0.3 is 0 Å². The van der Waals surface area contributed by atoms with Crippen LogP contribution in [0.15, 0.2) is 42.6 Å². The van der Waals surface area contributed by atoms with E-state index in [0.717, 1.165) is 11.3 Å². The molecule has 60 valence electrons. The van der Waals surface area contributed by atoms with Gasteiger partial charge in [-0.25, -0.2) is 0 Å². The Bertz CT molecular complexity index is 341. The van der Waals surface area contributed by atoms with Gasteiger partial charge in [0.05, 0.1) is 6.20 Å². The van der Waals surface area contributed by atoms with Gasteiger partial charge in [-0.15, -0.1) is 0 Å². The highest BCUT2D eigenvalue weighted by Gasteiger charge is 2.05. The Kier molecular flexibility index (Phi) is 1.78. The van der Waals surface area contributed by atoms with E-state index in [1.54, 1.807) is 12.3 Å². The molecule has 1 atom stereocenters. The second-order valence-corrected chi connectivity index (χ2v) is 2.67. The van der Waals surface area contributed by atoms with Gasteiger partial charge in [0, 0.05) is 11.6 Å². The van der Waals surface area contributed by atoms with Gasteiger partial charge in [0.2, 0.25) is 0 Å². The molecule has 1 aliphatic heterocycles. The molecule has 0 spiro atoms. The third-order valence-corrected chi connectivity index (χ3v) is 1.86. The van der Waals surface area contributed by atoms with Crippen molar-refractivity contribution in [1.82, 2.24) is 0 Å². The van der Waals surface area contributed by atoms with Crippen LogP contribution in [0.25, 0.3) is 6.08 Å². The maximum Gasteiger partial charge on any atom is 0.143 e. The fraction of sp³-hybridized carbons (Fsp3) is 0. The first-order valence-corrected chi connectivity index (χ1v) is 3.86. The van der Waals surface area contributed by atoms with Gasteiger partial charge in [0.25, 0.3) is 0 Å². The van der Waals surface area contributed by atoms with Gasteiger partial charge < -0.3 is 10.3 Å². The van der Waals surface area contributed by atoms with E-state index in [2.05, 4.69) is 0 Å². The van der Waals surface area contributed by atoms with Gasteiger partial charge in [-0.05, 0) is 18.2 Å². The maximum atomic E-state index is 11.4. The fourth-order valence-electron chi connectivity index (χ4n) is 1.26. The minimum Gasteiger partial charge on any atom is -0.624 e. The molecule has 0 fully saturated rings. The van der Waals surface area contributed by atoms with Gasteiger partial charge in [0.1, 0.15) is 5.69 Å². The molecule has 2 nitrogen and oxygen atoms in total. The van der Waals surface area contributed by atoms with Crippen molar-refractivity contribution in [3.63, 3.8) is 0 Å². The zero-order chi connectivity index (χ0) is 8.39. The van der Waals surface area contributed by atoms with Crippen molar-refractivity contribution in [3.05, 3.63) is 53.4 Å². The van der Waals surface area contributed by atoms with Gasteiger partial charge in [-0.3, -0.25) is 0 Å². The van der Waals surface area contributed by atoms with Crippen LogP contribution in [0, 0.1) is 5.21 Å². The minimum atomic E-state index is 0.0793. The van der Waals surface area contributed by atoms with E-state index in [0.29, 0.717) is 0 Å². The number of hydroxylamine groups is 1. The summed E-state index contributed by atoms with van der Waals surface area (Å²) in [6, 6.07) is 7.60. The van der Waals surface area contributed by atoms with Crippen molar-refractivity contribution in [2.45, 2.75) is 0 Å². The van der Waals surface area contributed by atoms with Crippen LogP contribution in [-0.2, 0) is 0 Å². The molecular formula is C10H9NO. The monoisotopic (exact) mass is 159 g/mol. The van der Waals surface area contributed by atoms with Crippen molar-refractivity contribution in [2.75, 3.05) is 0 Å². The Hall–Kier alpha value is -1.38. The summed E-state index contributed by atoms with van der Waals surface area (Å²) < 4.78 is 0. The predicted molar refractivity (Wildman–Crippen MR) is 48.6 cm³/mol. The summed E-state index contributed by atoms with van der Waals surface area (Å²) in [6.45, 7) is 0. The first kappa shape index (κ1) is 7.28. The molecule has 1 aromatic carbocycles. The first-order valence-electron chi connectivity index (χ1n) is 3.86. The van der Waals surface area contributed by atoms with Crippen molar-refractivity contribution in [2.24, 2.45) is 0 Å². The smallest absolute Gasteiger partial charge is 0.143 e. The number of allylic oxidation sites excluding steroid dienone is 2. The number of quaternary nitrogens is 1. The van der Waals surface area contributed by atoms with Gasteiger partial charge in [-0.1, -0.05) is 18.2 Å².